The van der Waals surface area contributed by atoms with Gasteiger partial charge in [0.1, 0.15) is 5.75 Å². The van der Waals surface area contributed by atoms with E-state index in [0.717, 1.165) is 0 Å². The van der Waals surface area contributed by atoms with Crippen molar-refractivity contribution in [1.29, 1.82) is 0 Å². The number of aromatic hydroxyl groups is 1. The predicted molar refractivity (Wildman–Crippen MR) is 39.6 cm³/mol. The molecule has 0 aliphatic carbocycles. The largest absolute Gasteiger partial charge is 0.508 e. The van der Waals surface area contributed by atoms with Gasteiger partial charge in [-0.25, -0.2) is 0 Å². The zero-order valence-electron chi connectivity index (χ0n) is 5.28. The van der Waals surface area contributed by atoms with Gasteiger partial charge in [-0.05, 0) is 12.1 Å². The van der Waals surface area contributed by atoms with Crippen LogP contribution < -0.4 is 0 Å². The number of rotatable bonds is 0. The summed E-state index contributed by atoms with van der Waals surface area (Å²) in [5, 5.41) is 8.63. The van der Waals surface area contributed by atoms with Crippen LogP contribution in [0.5, 0.6) is 5.75 Å². The predicted octanol–water partition coefficient (Wildman–Crippen LogP) is 0.631. The van der Waals surface area contributed by atoms with Crippen LogP contribution in [0.2, 0.25) is 0 Å². The molecule has 0 aromatic heterocycles. The van der Waals surface area contributed by atoms with Crippen molar-refractivity contribution in [3.8, 4) is 5.75 Å². The molecule has 1 N–H and O–H groups in total. The van der Waals surface area contributed by atoms with E-state index in [1.807, 2.05) is 6.07 Å². The molecular formula is C6H6KOSb. The van der Waals surface area contributed by atoms with Crippen LogP contribution in [0.1, 0.15) is 0 Å². The molecule has 1 nitrogen and oxygen atoms in total. The van der Waals surface area contributed by atoms with Crippen molar-refractivity contribution in [2.24, 2.45) is 0 Å². The van der Waals surface area contributed by atoms with Gasteiger partial charge in [-0.2, -0.15) is 0 Å². The molecule has 0 bridgehead atoms. The first-order valence-corrected chi connectivity index (χ1v) is 2.13. The zero-order valence-corrected chi connectivity index (χ0v) is 11.0. The first kappa shape index (κ1) is 13.1. The maximum Gasteiger partial charge on any atom is 0.115 e. The van der Waals surface area contributed by atoms with Crippen LogP contribution in [-0.2, 0) is 0 Å². The molecule has 0 saturated carbocycles. The fourth-order valence-corrected chi connectivity index (χ4v) is 0.428. The van der Waals surface area contributed by atoms with Gasteiger partial charge in [0.05, 0.1) is 0 Å². The minimum Gasteiger partial charge on any atom is -0.508 e. The standard InChI is InChI=1S/C6H6O.K.Sb/c7-6-4-2-1-3-5-6;;/h1-5,7H;;. The van der Waals surface area contributed by atoms with Gasteiger partial charge in [-0.1, -0.05) is 18.2 Å². The molecule has 42 valence electrons. The van der Waals surface area contributed by atoms with Crippen LogP contribution >= 0.6 is 0 Å². The van der Waals surface area contributed by atoms with Gasteiger partial charge in [0, 0.05) is 75.8 Å². The molecule has 0 saturated heterocycles. The summed E-state index contributed by atoms with van der Waals surface area (Å²) in [5.41, 5.74) is 0. The molecule has 1 aromatic rings. The molecule has 1 rings (SSSR count). The normalized spacial score (nSPS) is 6.67. The smallest absolute Gasteiger partial charge is 0.115 e. The molecular weight excluding hydrogens is 249 g/mol. The van der Waals surface area contributed by atoms with E-state index in [9.17, 15) is 0 Å². The number of para-hydroxylation sites is 1. The summed E-state index contributed by atoms with van der Waals surface area (Å²) < 4.78 is 0. The van der Waals surface area contributed by atoms with Gasteiger partial charge in [0.25, 0.3) is 0 Å². The van der Waals surface area contributed by atoms with Crippen molar-refractivity contribution >= 4 is 75.8 Å². The number of phenols is 1. The van der Waals surface area contributed by atoms with E-state index < -0.39 is 0 Å². The van der Waals surface area contributed by atoms with E-state index in [1.165, 1.54) is 0 Å². The van der Waals surface area contributed by atoms with Gasteiger partial charge < -0.3 is 5.11 Å². The molecule has 1 aromatic carbocycles. The van der Waals surface area contributed by atoms with Crippen molar-refractivity contribution < 1.29 is 5.11 Å². The molecule has 9 heavy (non-hydrogen) atoms. The van der Waals surface area contributed by atoms with Crippen LogP contribution in [0.25, 0.3) is 0 Å². The summed E-state index contributed by atoms with van der Waals surface area (Å²) in [5.74, 6) is 0.322. The van der Waals surface area contributed by atoms with E-state index >= 15 is 0 Å². The maximum absolute atomic E-state index is 8.63. The first-order valence-electron chi connectivity index (χ1n) is 2.13. The zero-order chi connectivity index (χ0) is 5.11. The van der Waals surface area contributed by atoms with Gasteiger partial charge in [-0.3, -0.25) is 0 Å². The number of benzene rings is 1. The van der Waals surface area contributed by atoms with Crippen LogP contribution in [-0.4, -0.2) is 80.9 Å². The Morgan fingerprint density at radius 2 is 1.44 bits per heavy atom. The summed E-state index contributed by atoms with van der Waals surface area (Å²) in [6.45, 7) is 0. The van der Waals surface area contributed by atoms with E-state index in [-0.39, 0.29) is 75.8 Å². The van der Waals surface area contributed by atoms with E-state index in [2.05, 4.69) is 0 Å². The molecule has 0 heterocycles. The van der Waals surface area contributed by atoms with Crippen molar-refractivity contribution in [2.45, 2.75) is 0 Å². The quantitative estimate of drug-likeness (QED) is 0.674. The van der Waals surface area contributed by atoms with Crippen LogP contribution in [0.3, 0.4) is 0 Å². The topological polar surface area (TPSA) is 20.2 Å². The van der Waals surface area contributed by atoms with Gasteiger partial charge in [-0.15, -0.1) is 0 Å². The second-order valence-electron chi connectivity index (χ2n) is 1.34. The average molecular weight is 255 g/mol. The monoisotopic (exact) mass is 254 g/mol. The Balaban J connectivity index is 0. The van der Waals surface area contributed by atoms with E-state index in [1.54, 1.807) is 24.3 Å². The van der Waals surface area contributed by atoms with E-state index in [0.29, 0.717) is 5.75 Å². The molecule has 0 aliphatic rings. The molecule has 3 heteroatoms. The Hall–Kier alpha value is 1.47. The van der Waals surface area contributed by atoms with Crippen molar-refractivity contribution in [2.75, 3.05) is 0 Å². The third-order valence-electron chi connectivity index (χ3n) is 0.756. The van der Waals surface area contributed by atoms with Crippen molar-refractivity contribution in [3.05, 3.63) is 30.3 Å². The SMILES string of the molecule is Oc1ccccc1.[K].[Sb]. The summed E-state index contributed by atoms with van der Waals surface area (Å²) in [4.78, 5) is 0. The molecule has 0 aliphatic heterocycles. The maximum atomic E-state index is 8.63. The van der Waals surface area contributed by atoms with Crippen LogP contribution in [0, 0.1) is 0 Å². The molecule has 0 spiro atoms. The number of hydrogen-bond donors (Lipinski definition) is 1. The molecule has 4 radical (unpaired) electrons. The summed E-state index contributed by atoms with van der Waals surface area (Å²) in [6, 6.07) is 8.71. The first-order chi connectivity index (χ1) is 3.39. The Morgan fingerprint density at radius 3 is 1.67 bits per heavy atom. The van der Waals surface area contributed by atoms with E-state index in [4.69, 9.17) is 5.11 Å². The second-order valence-corrected chi connectivity index (χ2v) is 1.34. The second kappa shape index (κ2) is 7.58. The Morgan fingerprint density at radius 1 is 1.00 bits per heavy atom. The van der Waals surface area contributed by atoms with Gasteiger partial charge >= 0.3 is 0 Å². The number of phenolic OH excluding ortho intramolecular Hbond substituents is 1. The van der Waals surface area contributed by atoms with Crippen LogP contribution in [0.4, 0.5) is 0 Å². The van der Waals surface area contributed by atoms with Crippen LogP contribution in [0.15, 0.2) is 30.3 Å². The average Bonchev–Trinajstić information content (AvgIpc) is 1.69. The molecule has 0 amide bonds. The summed E-state index contributed by atoms with van der Waals surface area (Å²) in [7, 11) is 0. The molecule has 0 atom stereocenters. The third kappa shape index (κ3) is 5.90. The fraction of sp³-hybridized carbons (Fsp3) is 0. The van der Waals surface area contributed by atoms with Gasteiger partial charge in [0.15, 0.2) is 0 Å². The number of hydrogen-bond acceptors (Lipinski definition) is 1. The summed E-state index contributed by atoms with van der Waals surface area (Å²) in [6.07, 6.45) is 0. The fourth-order valence-electron chi connectivity index (χ4n) is 0.428. The van der Waals surface area contributed by atoms with Crippen molar-refractivity contribution in [1.82, 2.24) is 0 Å². The Kier molecular flexibility index (Phi) is 11.0. The van der Waals surface area contributed by atoms with Crippen molar-refractivity contribution in [3.63, 3.8) is 0 Å². The van der Waals surface area contributed by atoms with Gasteiger partial charge in [0.2, 0.25) is 0 Å². The minimum absolute atomic E-state index is 0. The summed E-state index contributed by atoms with van der Waals surface area (Å²) >= 11 is 0. The Labute approximate surface area is 115 Å². The third-order valence-corrected chi connectivity index (χ3v) is 0.756. The minimum atomic E-state index is 0. The molecule has 0 unspecified atom stereocenters. The molecule has 0 fully saturated rings. The Bertz CT molecular complexity index is 143.